The number of pyridine rings is 1. The van der Waals surface area contributed by atoms with E-state index in [0.717, 1.165) is 37.0 Å². The molecule has 1 saturated heterocycles. The monoisotopic (exact) mass is 408 g/mol. The summed E-state index contributed by atoms with van der Waals surface area (Å²) in [6, 6.07) is 11.3. The predicted molar refractivity (Wildman–Crippen MR) is 115 cm³/mol. The molecule has 0 unspecified atom stereocenters. The van der Waals surface area contributed by atoms with E-state index in [2.05, 4.69) is 4.98 Å². The molecule has 30 heavy (non-hydrogen) atoms. The third kappa shape index (κ3) is 3.60. The van der Waals surface area contributed by atoms with Gasteiger partial charge in [0.25, 0.3) is 5.91 Å². The van der Waals surface area contributed by atoms with Crippen molar-refractivity contribution in [2.24, 2.45) is 5.73 Å². The Labute approximate surface area is 176 Å². The number of rotatable bonds is 5. The van der Waals surface area contributed by atoms with E-state index >= 15 is 0 Å². The van der Waals surface area contributed by atoms with Gasteiger partial charge in [-0.05, 0) is 42.7 Å². The summed E-state index contributed by atoms with van der Waals surface area (Å²) < 4.78 is 5.28. The van der Waals surface area contributed by atoms with Gasteiger partial charge in [0.15, 0.2) is 0 Å². The summed E-state index contributed by atoms with van der Waals surface area (Å²) in [4.78, 5) is 33.8. The van der Waals surface area contributed by atoms with Crippen LogP contribution in [-0.4, -0.2) is 55.0 Å². The van der Waals surface area contributed by atoms with E-state index in [4.69, 9.17) is 10.5 Å². The van der Waals surface area contributed by atoms with E-state index in [1.165, 1.54) is 0 Å². The second-order valence-corrected chi connectivity index (χ2v) is 8.04. The number of hydrogen-bond acceptors (Lipinski definition) is 5. The number of aromatic nitrogens is 1. The minimum atomic E-state index is -0.485. The van der Waals surface area contributed by atoms with Crippen LogP contribution in [0.1, 0.15) is 41.6 Å². The van der Waals surface area contributed by atoms with E-state index in [9.17, 15) is 9.59 Å². The quantitative estimate of drug-likeness (QED) is 0.820. The molecular formula is C23H28N4O3. The van der Waals surface area contributed by atoms with Gasteiger partial charge in [0.2, 0.25) is 5.91 Å². The van der Waals surface area contributed by atoms with E-state index < -0.39 is 11.3 Å². The molecule has 4 rings (SSSR count). The van der Waals surface area contributed by atoms with Gasteiger partial charge >= 0.3 is 0 Å². The molecule has 1 saturated carbocycles. The number of carbonyl (C=O) groups is 2. The van der Waals surface area contributed by atoms with Crippen molar-refractivity contribution in [3.8, 4) is 5.75 Å². The first-order valence-electron chi connectivity index (χ1n) is 10.5. The summed E-state index contributed by atoms with van der Waals surface area (Å²) in [6.45, 7) is 2.46. The van der Waals surface area contributed by atoms with Crippen LogP contribution in [0.4, 0.5) is 5.82 Å². The smallest absolute Gasteiger partial charge is 0.252 e. The number of primary amides is 1. The van der Waals surface area contributed by atoms with Crippen molar-refractivity contribution >= 4 is 17.6 Å². The lowest BCUT2D eigenvalue weighted by Crippen LogP contribution is -2.54. The highest BCUT2D eigenvalue weighted by atomic mass is 16.5. The van der Waals surface area contributed by atoms with E-state index in [1.54, 1.807) is 25.4 Å². The molecule has 2 fully saturated rings. The van der Waals surface area contributed by atoms with Crippen LogP contribution in [0.5, 0.6) is 5.75 Å². The maximum Gasteiger partial charge on any atom is 0.252 e. The average Bonchev–Trinajstić information content (AvgIpc) is 3.30. The first-order chi connectivity index (χ1) is 14.5. The Morgan fingerprint density at radius 1 is 1.03 bits per heavy atom. The summed E-state index contributed by atoms with van der Waals surface area (Å²) >= 11 is 0. The van der Waals surface area contributed by atoms with Gasteiger partial charge in [0.1, 0.15) is 11.6 Å². The molecule has 1 aromatic carbocycles. The van der Waals surface area contributed by atoms with Gasteiger partial charge in [-0.2, -0.15) is 0 Å². The summed E-state index contributed by atoms with van der Waals surface area (Å²) in [5.41, 5.74) is 6.55. The largest absolute Gasteiger partial charge is 0.497 e. The number of amides is 2. The lowest BCUT2D eigenvalue weighted by atomic mass is 9.77. The van der Waals surface area contributed by atoms with Crippen LogP contribution < -0.4 is 15.4 Å². The van der Waals surface area contributed by atoms with E-state index in [-0.39, 0.29) is 5.91 Å². The number of benzene rings is 1. The fraction of sp³-hybridized carbons (Fsp3) is 0.435. The minimum Gasteiger partial charge on any atom is -0.497 e. The third-order valence-electron chi connectivity index (χ3n) is 6.43. The second kappa shape index (κ2) is 8.34. The zero-order valence-corrected chi connectivity index (χ0v) is 17.3. The van der Waals surface area contributed by atoms with Gasteiger partial charge in [-0.3, -0.25) is 9.59 Å². The molecule has 1 aliphatic heterocycles. The molecule has 2 heterocycles. The number of anilines is 1. The first-order valence-corrected chi connectivity index (χ1v) is 10.5. The van der Waals surface area contributed by atoms with Crippen LogP contribution in [0.25, 0.3) is 0 Å². The number of methoxy groups -OCH3 is 1. The summed E-state index contributed by atoms with van der Waals surface area (Å²) in [6.07, 6.45) is 5.55. The Hall–Kier alpha value is -3.09. The van der Waals surface area contributed by atoms with E-state index in [1.807, 2.05) is 34.1 Å². The maximum atomic E-state index is 13.7. The Bertz CT molecular complexity index is 914. The number of piperazine rings is 1. The number of carbonyl (C=O) groups excluding carboxylic acids is 2. The standard InChI is InChI=1S/C23H28N4O3/c1-30-18-8-6-17(7-9-18)23(10-2-3-11-23)22(29)27-15-13-26(14-16-27)21-19(20(24)28)5-4-12-25-21/h4-9,12H,2-3,10-11,13-16H2,1H3,(H2,24,28). The fourth-order valence-electron chi connectivity index (χ4n) is 4.78. The summed E-state index contributed by atoms with van der Waals surface area (Å²) in [5, 5.41) is 0. The molecule has 0 bridgehead atoms. The van der Waals surface area contributed by atoms with Crippen LogP contribution in [0.3, 0.4) is 0 Å². The topological polar surface area (TPSA) is 88.8 Å². The molecule has 7 nitrogen and oxygen atoms in total. The van der Waals surface area contributed by atoms with Crippen molar-refractivity contribution in [1.82, 2.24) is 9.88 Å². The fourth-order valence-corrected chi connectivity index (χ4v) is 4.78. The van der Waals surface area contributed by atoms with Crippen LogP contribution in [-0.2, 0) is 10.2 Å². The third-order valence-corrected chi connectivity index (χ3v) is 6.43. The maximum absolute atomic E-state index is 13.7. The van der Waals surface area contributed by atoms with Crippen molar-refractivity contribution in [2.75, 3.05) is 38.2 Å². The van der Waals surface area contributed by atoms with Crippen molar-refractivity contribution in [3.05, 3.63) is 53.7 Å². The molecular weight excluding hydrogens is 380 g/mol. The van der Waals surface area contributed by atoms with Gasteiger partial charge in [-0.1, -0.05) is 25.0 Å². The van der Waals surface area contributed by atoms with Gasteiger partial charge in [-0.25, -0.2) is 4.98 Å². The van der Waals surface area contributed by atoms with Crippen molar-refractivity contribution < 1.29 is 14.3 Å². The van der Waals surface area contributed by atoms with Gasteiger partial charge in [0.05, 0.1) is 18.1 Å². The number of nitrogens with zero attached hydrogens (tertiary/aromatic N) is 3. The van der Waals surface area contributed by atoms with Gasteiger partial charge < -0.3 is 20.3 Å². The normalized spacial score (nSPS) is 18.3. The zero-order valence-electron chi connectivity index (χ0n) is 17.3. The molecule has 0 spiro atoms. The number of hydrogen-bond donors (Lipinski definition) is 1. The van der Waals surface area contributed by atoms with Gasteiger partial charge in [0, 0.05) is 32.4 Å². The van der Waals surface area contributed by atoms with Crippen LogP contribution >= 0.6 is 0 Å². The number of ether oxygens (including phenoxy) is 1. The molecule has 1 aromatic heterocycles. The molecule has 2 aliphatic rings. The molecule has 7 heteroatoms. The molecule has 1 aliphatic carbocycles. The molecule has 0 radical (unpaired) electrons. The predicted octanol–water partition coefficient (Wildman–Crippen LogP) is 2.35. The molecule has 158 valence electrons. The minimum absolute atomic E-state index is 0.209. The van der Waals surface area contributed by atoms with E-state index in [0.29, 0.717) is 37.6 Å². The molecule has 0 atom stereocenters. The Morgan fingerprint density at radius 3 is 2.30 bits per heavy atom. The molecule has 2 amide bonds. The number of nitrogens with two attached hydrogens (primary N) is 1. The lowest BCUT2D eigenvalue weighted by Gasteiger charge is -2.40. The Kier molecular flexibility index (Phi) is 5.61. The highest BCUT2D eigenvalue weighted by Crippen LogP contribution is 2.43. The average molecular weight is 409 g/mol. The zero-order chi connectivity index (χ0) is 21.1. The lowest BCUT2D eigenvalue weighted by molar-refractivity contribution is -0.137. The Morgan fingerprint density at radius 2 is 1.70 bits per heavy atom. The van der Waals surface area contributed by atoms with Crippen LogP contribution in [0.2, 0.25) is 0 Å². The molecule has 2 aromatic rings. The SMILES string of the molecule is COc1ccc(C2(C(=O)N3CCN(c4ncccc4C(N)=O)CC3)CCCC2)cc1. The van der Waals surface area contributed by atoms with Crippen LogP contribution in [0.15, 0.2) is 42.6 Å². The van der Waals surface area contributed by atoms with Crippen molar-refractivity contribution in [3.63, 3.8) is 0 Å². The highest BCUT2D eigenvalue weighted by molar-refractivity contribution is 5.97. The van der Waals surface area contributed by atoms with Crippen molar-refractivity contribution in [1.29, 1.82) is 0 Å². The first kappa shape index (κ1) is 20.2. The summed E-state index contributed by atoms with van der Waals surface area (Å²) in [5.74, 6) is 1.12. The second-order valence-electron chi connectivity index (χ2n) is 8.04. The highest BCUT2D eigenvalue weighted by Gasteiger charge is 2.45. The summed E-state index contributed by atoms with van der Waals surface area (Å²) in [7, 11) is 1.65. The van der Waals surface area contributed by atoms with Gasteiger partial charge in [-0.15, -0.1) is 0 Å². The van der Waals surface area contributed by atoms with Crippen LogP contribution in [0, 0.1) is 0 Å². The van der Waals surface area contributed by atoms with Crippen molar-refractivity contribution in [2.45, 2.75) is 31.1 Å². The molecule has 2 N–H and O–H groups in total. The Balaban J connectivity index is 1.51.